The zero-order valence-corrected chi connectivity index (χ0v) is 3.54. The molecule has 3 heteroatoms. The summed E-state index contributed by atoms with van der Waals surface area (Å²) in [5, 5.41) is 8.14. The quantitative estimate of drug-likeness (QED) is 0.444. The summed E-state index contributed by atoms with van der Waals surface area (Å²) in [6.45, 7) is 0. The Labute approximate surface area is 34.2 Å². The Morgan fingerprint density at radius 1 is 1.80 bits per heavy atom. The molecule has 0 rings (SSSR count). The molecule has 0 bridgehead atoms. The van der Waals surface area contributed by atoms with Crippen LogP contribution < -0.4 is 0 Å². The molecule has 0 amide bonds. The normalized spacial score (nSPS) is 7.40. The summed E-state index contributed by atoms with van der Waals surface area (Å²) in [7, 11) is 0. The van der Waals surface area contributed by atoms with Gasteiger partial charge in [0, 0.05) is 0 Å². The van der Waals surface area contributed by atoms with Crippen LogP contribution in [-0.4, -0.2) is 11.6 Å². The first-order chi connectivity index (χ1) is 2.27. The van der Waals surface area contributed by atoms with E-state index in [2.05, 4.69) is 0 Å². The molecule has 0 aliphatic heterocycles. The van der Waals surface area contributed by atoms with Gasteiger partial charge in [-0.1, -0.05) is 0 Å². The molecular weight excluding hydrogens is 88.1 g/mol. The first-order valence-corrected chi connectivity index (χ1v) is 2.25. The van der Waals surface area contributed by atoms with Crippen molar-refractivity contribution in [3.63, 3.8) is 0 Å². The number of hydrogen-bond acceptors (Lipinski definition) is 2. The van der Waals surface area contributed by atoms with E-state index in [0.29, 0.717) is 11.8 Å². The molecule has 0 spiro atoms. The van der Waals surface area contributed by atoms with Gasteiger partial charge < -0.3 is 0 Å². The van der Waals surface area contributed by atoms with Crippen LogP contribution in [0.4, 0.5) is 4.79 Å². The zero-order valence-electron chi connectivity index (χ0n) is 2.72. The van der Waals surface area contributed by atoms with Crippen molar-refractivity contribution in [3.8, 4) is 0 Å². The van der Waals surface area contributed by atoms with E-state index in [-0.39, 0.29) is 0 Å². The number of thioether (sulfide) groups is 1. The van der Waals surface area contributed by atoms with Gasteiger partial charge in [0.2, 0.25) is 0 Å². The van der Waals surface area contributed by atoms with E-state index in [0.717, 1.165) is 0 Å². The van der Waals surface area contributed by atoms with Crippen LogP contribution in [0.15, 0.2) is 0 Å². The SMILES string of the molecule is CSC([O])=O. The van der Waals surface area contributed by atoms with Crippen LogP contribution >= 0.6 is 11.8 Å². The minimum Gasteiger partial charge on any atom is -0.234 e. The molecule has 0 aromatic carbocycles. The van der Waals surface area contributed by atoms with Gasteiger partial charge in [-0.2, -0.15) is 0 Å². The Balaban J connectivity index is 2.85. The molecule has 0 fully saturated rings. The van der Waals surface area contributed by atoms with Crippen molar-refractivity contribution in [2.75, 3.05) is 6.26 Å². The predicted octanol–water partition coefficient (Wildman–Crippen LogP) is 0.900. The van der Waals surface area contributed by atoms with Gasteiger partial charge in [0.25, 0.3) is 0 Å². The summed E-state index contributed by atoms with van der Waals surface area (Å²) in [4.78, 5) is 9.22. The van der Waals surface area contributed by atoms with Crippen molar-refractivity contribution in [3.05, 3.63) is 0 Å². The van der Waals surface area contributed by atoms with Crippen LogP contribution in [0.3, 0.4) is 0 Å². The predicted molar refractivity (Wildman–Crippen MR) is 19.6 cm³/mol. The van der Waals surface area contributed by atoms with Gasteiger partial charge in [0.05, 0.1) is 0 Å². The molecule has 0 aliphatic carbocycles. The average Bonchev–Trinajstić information content (AvgIpc) is 1.38. The summed E-state index contributed by atoms with van der Waals surface area (Å²) in [6, 6.07) is 0. The van der Waals surface area contributed by atoms with Gasteiger partial charge in [-0.3, -0.25) is 0 Å². The van der Waals surface area contributed by atoms with Gasteiger partial charge in [-0.15, -0.1) is 0 Å². The van der Waals surface area contributed by atoms with Crippen LogP contribution in [0.5, 0.6) is 0 Å². The van der Waals surface area contributed by atoms with Gasteiger partial charge in [-0.05, 0) is 18.0 Å². The molecule has 0 heterocycles. The third-order valence-electron chi connectivity index (χ3n) is 0.167. The van der Waals surface area contributed by atoms with Gasteiger partial charge >= 0.3 is 5.30 Å². The van der Waals surface area contributed by atoms with E-state index in [1.807, 2.05) is 0 Å². The monoisotopic (exact) mass is 91.0 g/mol. The first-order valence-electron chi connectivity index (χ1n) is 1.02. The highest BCUT2D eigenvalue weighted by Crippen LogP contribution is 1.89. The second-order valence-electron chi connectivity index (χ2n) is 0.454. The smallest absolute Gasteiger partial charge is 0.234 e. The largest absolute Gasteiger partial charge is 0.413 e. The summed E-state index contributed by atoms with van der Waals surface area (Å²) in [5.74, 6) is 0. The topological polar surface area (TPSA) is 37.0 Å². The number of carbonyl (C=O) groups is 1. The highest BCUT2D eigenvalue weighted by Gasteiger charge is 1.86. The maximum Gasteiger partial charge on any atom is 0.413 e. The molecule has 0 aliphatic rings. The lowest BCUT2D eigenvalue weighted by Gasteiger charge is -1.65. The maximum absolute atomic E-state index is 9.22. The molecule has 0 unspecified atom stereocenters. The van der Waals surface area contributed by atoms with E-state index < -0.39 is 5.30 Å². The standard InChI is InChI=1S/C2H3O2S/c1-5-2(3)4/h1H3. The van der Waals surface area contributed by atoms with E-state index in [1.54, 1.807) is 0 Å². The minimum atomic E-state index is -1.08. The van der Waals surface area contributed by atoms with Crippen LogP contribution in [0.1, 0.15) is 0 Å². The average molecular weight is 91.1 g/mol. The molecule has 0 N–H and O–H groups in total. The Bertz CT molecular complexity index is 42.9. The van der Waals surface area contributed by atoms with Crippen LogP contribution in [0.25, 0.3) is 0 Å². The van der Waals surface area contributed by atoms with Crippen LogP contribution in [-0.2, 0) is 5.11 Å². The van der Waals surface area contributed by atoms with Crippen molar-refractivity contribution in [1.29, 1.82) is 0 Å². The Hall–Kier alpha value is -0.180. The van der Waals surface area contributed by atoms with Crippen molar-refractivity contribution < 1.29 is 9.90 Å². The van der Waals surface area contributed by atoms with E-state index in [4.69, 9.17) is 0 Å². The fourth-order valence-corrected chi connectivity index (χ4v) is 0. The maximum atomic E-state index is 9.22. The van der Waals surface area contributed by atoms with Crippen molar-refractivity contribution in [2.45, 2.75) is 0 Å². The Kier molecular flexibility index (Phi) is 2.01. The second kappa shape index (κ2) is 2.08. The van der Waals surface area contributed by atoms with Gasteiger partial charge in [0.15, 0.2) is 0 Å². The second-order valence-corrected chi connectivity index (χ2v) is 1.20. The molecule has 1 radical (unpaired) electrons. The van der Waals surface area contributed by atoms with Crippen LogP contribution in [0, 0.1) is 0 Å². The number of hydrogen-bond donors (Lipinski definition) is 0. The summed E-state index contributed by atoms with van der Waals surface area (Å²) in [6.07, 6.45) is 1.45. The fraction of sp³-hybridized carbons (Fsp3) is 0.500. The molecule has 0 aromatic rings. The lowest BCUT2D eigenvalue weighted by molar-refractivity contribution is 0.199. The first kappa shape index (κ1) is 4.82. The van der Waals surface area contributed by atoms with Gasteiger partial charge in [-0.25, -0.2) is 9.90 Å². The molecule has 0 saturated heterocycles. The summed E-state index contributed by atoms with van der Waals surface area (Å²) < 4.78 is 0. The Morgan fingerprint density at radius 2 is 2.00 bits per heavy atom. The third kappa shape index (κ3) is 3.82. The molecular formula is C2H3O2S. The Morgan fingerprint density at radius 3 is 2.00 bits per heavy atom. The highest BCUT2D eigenvalue weighted by molar-refractivity contribution is 8.12. The number of rotatable bonds is 0. The van der Waals surface area contributed by atoms with Crippen molar-refractivity contribution in [1.82, 2.24) is 0 Å². The van der Waals surface area contributed by atoms with E-state index >= 15 is 0 Å². The summed E-state index contributed by atoms with van der Waals surface area (Å²) in [5.41, 5.74) is 0. The highest BCUT2D eigenvalue weighted by atomic mass is 32.2. The van der Waals surface area contributed by atoms with Crippen LogP contribution in [0.2, 0.25) is 0 Å². The fourth-order valence-electron chi connectivity index (χ4n) is 0. The van der Waals surface area contributed by atoms with Crippen molar-refractivity contribution in [2.24, 2.45) is 0 Å². The molecule has 5 heavy (non-hydrogen) atoms. The summed E-state index contributed by atoms with van der Waals surface area (Å²) >= 11 is 0.685. The lowest BCUT2D eigenvalue weighted by atomic mass is 11.6. The molecule has 2 nitrogen and oxygen atoms in total. The zero-order chi connectivity index (χ0) is 4.28. The van der Waals surface area contributed by atoms with E-state index in [9.17, 15) is 9.90 Å². The minimum absolute atomic E-state index is 0.685. The third-order valence-corrected chi connectivity index (χ3v) is 0.500. The molecule has 0 atom stereocenters. The molecule has 29 valence electrons. The lowest BCUT2D eigenvalue weighted by Crippen LogP contribution is -1.72. The number of carbonyl (C=O) groups excluding carboxylic acids is 1. The van der Waals surface area contributed by atoms with Gasteiger partial charge in [0.1, 0.15) is 0 Å². The molecule has 0 aromatic heterocycles. The molecule has 0 saturated carbocycles. The van der Waals surface area contributed by atoms with E-state index in [1.165, 1.54) is 6.26 Å². The van der Waals surface area contributed by atoms with Crippen molar-refractivity contribution >= 4 is 17.1 Å².